The van der Waals surface area contributed by atoms with Crippen molar-refractivity contribution in [1.29, 1.82) is 0 Å². The molecule has 1 saturated heterocycles. The van der Waals surface area contributed by atoms with E-state index in [2.05, 4.69) is 47.5 Å². The van der Waals surface area contributed by atoms with E-state index in [1.807, 2.05) is 25.1 Å². The number of benzene rings is 2. The molecule has 1 fully saturated rings. The van der Waals surface area contributed by atoms with E-state index < -0.39 is 0 Å². The van der Waals surface area contributed by atoms with Gasteiger partial charge in [-0.25, -0.2) is 0 Å². The van der Waals surface area contributed by atoms with Gasteiger partial charge in [0.2, 0.25) is 0 Å². The summed E-state index contributed by atoms with van der Waals surface area (Å²) in [4.78, 5) is 16.1. The summed E-state index contributed by atoms with van der Waals surface area (Å²) in [5, 5.41) is 3.91. The lowest BCUT2D eigenvalue weighted by Crippen LogP contribution is -3.15. The van der Waals surface area contributed by atoms with Crippen molar-refractivity contribution >= 4 is 23.2 Å². The molecule has 3 rings (SSSR count). The zero-order chi connectivity index (χ0) is 19.2. The minimum absolute atomic E-state index is 0.0376. The Hall–Kier alpha value is -2.04. The summed E-state index contributed by atoms with van der Waals surface area (Å²) >= 11 is 6.09. The van der Waals surface area contributed by atoms with Crippen LogP contribution < -0.4 is 15.1 Å². The molecule has 0 spiro atoms. The van der Waals surface area contributed by atoms with Crippen LogP contribution in [0, 0.1) is 0 Å². The number of hydrogen-bond acceptors (Lipinski definition) is 2. The molecule has 1 atom stereocenters. The number of quaternary nitrogens is 1. The van der Waals surface area contributed by atoms with E-state index >= 15 is 0 Å². The van der Waals surface area contributed by atoms with Crippen LogP contribution >= 0.6 is 11.6 Å². The van der Waals surface area contributed by atoms with E-state index in [0.717, 1.165) is 48.9 Å². The molecule has 0 aromatic heterocycles. The SMILES string of the molecule is CCc1ccc([C@@H](C)NC(=O)C[NH+]2CCN(c3cccc(Cl)c3)CC2)cc1. The molecule has 2 aromatic carbocycles. The van der Waals surface area contributed by atoms with Crippen LogP contribution in [-0.4, -0.2) is 38.6 Å². The summed E-state index contributed by atoms with van der Waals surface area (Å²) in [6, 6.07) is 16.5. The number of carbonyl (C=O) groups is 1. The van der Waals surface area contributed by atoms with Gasteiger partial charge in [0, 0.05) is 10.7 Å². The van der Waals surface area contributed by atoms with Crippen molar-refractivity contribution in [2.24, 2.45) is 0 Å². The highest BCUT2D eigenvalue weighted by Gasteiger charge is 2.23. The number of amides is 1. The second-order valence-electron chi connectivity index (χ2n) is 7.28. The Morgan fingerprint density at radius 2 is 1.89 bits per heavy atom. The third-order valence-electron chi connectivity index (χ3n) is 5.32. The third-order valence-corrected chi connectivity index (χ3v) is 5.56. The second-order valence-corrected chi connectivity index (χ2v) is 7.71. The summed E-state index contributed by atoms with van der Waals surface area (Å²) in [6.07, 6.45) is 1.03. The Morgan fingerprint density at radius 3 is 2.52 bits per heavy atom. The Morgan fingerprint density at radius 1 is 1.19 bits per heavy atom. The van der Waals surface area contributed by atoms with E-state index in [4.69, 9.17) is 11.6 Å². The van der Waals surface area contributed by atoms with Crippen molar-refractivity contribution in [2.45, 2.75) is 26.3 Å². The fraction of sp³-hybridized carbons (Fsp3) is 0.409. The molecule has 0 aliphatic carbocycles. The molecule has 1 aliphatic heterocycles. The Kier molecular flexibility index (Phi) is 6.75. The molecule has 0 radical (unpaired) electrons. The maximum absolute atomic E-state index is 12.5. The van der Waals surface area contributed by atoms with E-state index in [9.17, 15) is 4.79 Å². The van der Waals surface area contributed by atoms with E-state index in [1.54, 1.807) is 0 Å². The predicted octanol–water partition coefficient (Wildman–Crippen LogP) is 2.48. The molecule has 144 valence electrons. The highest BCUT2D eigenvalue weighted by atomic mass is 35.5. The normalized spacial score (nSPS) is 16.2. The molecular formula is C22H29ClN3O+. The monoisotopic (exact) mass is 386 g/mol. The van der Waals surface area contributed by atoms with Crippen LogP contribution in [0.1, 0.15) is 31.0 Å². The Balaban J connectivity index is 1.46. The number of nitrogens with one attached hydrogen (secondary N) is 2. The number of hydrogen-bond donors (Lipinski definition) is 2. The first-order chi connectivity index (χ1) is 13.0. The summed E-state index contributed by atoms with van der Waals surface area (Å²) in [7, 11) is 0. The Bertz CT molecular complexity index is 754. The van der Waals surface area contributed by atoms with Gasteiger partial charge in [-0.3, -0.25) is 4.79 Å². The van der Waals surface area contributed by atoms with Gasteiger partial charge in [0.15, 0.2) is 6.54 Å². The van der Waals surface area contributed by atoms with Gasteiger partial charge >= 0.3 is 0 Å². The molecule has 0 saturated carbocycles. The molecule has 0 unspecified atom stereocenters. The molecule has 1 aliphatic rings. The van der Waals surface area contributed by atoms with E-state index in [-0.39, 0.29) is 11.9 Å². The van der Waals surface area contributed by atoms with Crippen molar-refractivity contribution < 1.29 is 9.69 Å². The number of anilines is 1. The fourth-order valence-electron chi connectivity index (χ4n) is 3.58. The molecule has 4 nitrogen and oxygen atoms in total. The minimum Gasteiger partial charge on any atom is -0.360 e. The van der Waals surface area contributed by atoms with Crippen molar-refractivity contribution in [3.63, 3.8) is 0 Å². The van der Waals surface area contributed by atoms with Crippen molar-refractivity contribution in [2.75, 3.05) is 37.6 Å². The lowest BCUT2D eigenvalue weighted by Gasteiger charge is -2.33. The lowest BCUT2D eigenvalue weighted by atomic mass is 10.1. The van der Waals surface area contributed by atoms with Crippen LogP contribution in [0.4, 0.5) is 5.69 Å². The predicted molar refractivity (Wildman–Crippen MR) is 112 cm³/mol. The first-order valence-electron chi connectivity index (χ1n) is 9.77. The average Bonchev–Trinajstić information content (AvgIpc) is 2.68. The average molecular weight is 387 g/mol. The quantitative estimate of drug-likeness (QED) is 0.800. The summed E-state index contributed by atoms with van der Waals surface area (Å²) in [6.45, 7) is 8.52. The molecule has 5 heteroatoms. The fourth-order valence-corrected chi connectivity index (χ4v) is 3.76. The maximum atomic E-state index is 12.5. The van der Waals surface area contributed by atoms with Gasteiger partial charge in [-0.1, -0.05) is 48.9 Å². The summed E-state index contributed by atoms with van der Waals surface area (Å²) in [5.74, 6) is 0.119. The van der Waals surface area contributed by atoms with Gasteiger partial charge in [0.1, 0.15) is 0 Å². The second kappa shape index (κ2) is 9.25. The van der Waals surface area contributed by atoms with Crippen LogP contribution in [0.25, 0.3) is 0 Å². The number of piperazine rings is 1. The highest BCUT2D eigenvalue weighted by molar-refractivity contribution is 6.30. The van der Waals surface area contributed by atoms with Crippen molar-refractivity contribution in [3.8, 4) is 0 Å². The van der Waals surface area contributed by atoms with Crippen molar-refractivity contribution in [1.82, 2.24) is 5.32 Å². The van der Waals surface area contributed by atoms with Crippen LogP contribution in [0.2, 0.25) is 5.02 Å². The van der Waals surface area contributed by atoms with Gasteiger partial charge < -0.3 is 15.1 Å². The molecule has 2 N–H and O–H groups in total. The third kappa shape index (κ3) is 5.47. The molecule has 27 heavy (non-hydrogen) atoms. The van der Waals surface area contributed by atoms with Gasteiger partial charge in [-0.05, 0) is 42.7 Å². The minimum atomic E-state index is 0.0376. The van der Waals surface area contributed by atoms with Crippen LogP contribution in [0.15, 0.2) is 48.5 Å². The summed E-state index contributed by atoms with van der Waals surface area (Å²) in [5.41, 5.74) is 3.63. The molecule has 1 heterocycles. The smallest absolute Gasteiger partial charge is 0.275 e. The van der Waals surface area contributed by atoms with Crippen molar-refractivity contribution in [3.05, 3.63) is 64.7 Å². The molecule has 2 aromatic rings. The zero-order valence-electron chi connectivity index (χ0n) is 16.2. The summed E-state index contributed by atoms with van der Waals surface area (Å²) < 4.78 is 0. The largest absolute Gasteiger partial charge is 0.360 e. The lowest BCUT2D eigenvalue weighted by molar-refractivity contribution is -0.892. The zero-order valence-corrected chi connectivity index (χ0v) is 16.9. The number of carbonyl (C=O) groups excluding carboxylic acids is 1. The van der Waals surface area contributed by atoms with Crippen LogP contribution in [0.3, 0.4) is 0 Å². The number of nitrogens with zero attached hydrogens (tertiary/aromatic N) is 1. The van der Waals surface area contributed by atoms with E-state index in [0.29, 0.717) is 6.54 Å². The number of rotatable bonds is 6. The van der Waals surface area contributed by atoms with Gasteiger partial charge in [-0.2, -0.15) is 0 Å². The molecular weight excluding hydrogens is 358 g/mol. The van der Waals surface area contributed by atoms with Gasteiger partial charge in [0.25, 0.3) is 5.91 Å². The first kappa shape index (κ1) is 19.7. The first-order valence-corrected chi connectivity index (χ1v) is 10.1. The highest BCUT2D eigenvalue weighted by Crippen LogP contribution is 2.19. The Labute approximate surface area is 167 Å². The van der Waals surface area contributed by atoms with Crippen LogP contribution in [0.5, 0.6) is 0 Å². The maximum Gasteiger partial charge on any atom is 0.275 e. The van der Waals surface area contributed by atoms with E-state index in [1.165, 1.54) is 10.5 Å². The van der Waals surface area contributed by atoms with Gasteiger partial charge in [0.05, 0.1) is 32.2 Å². The molecule has 0 bridgehead atoms. The topological polar surface area (TPSA) is 36.8 Å². The van der Waals surface area contributed by atoms with Gasteiger partial charge in [-0.15, -0.1) is 0 Å². The molecule has 1 amide bonds. The number of halogens is 1. The van der Waals surface area contributed by atoms with Crippen LogP contribution in [-0.2, 0) is 11.2 Å². The number of aryl methyl sites for hydroxylation is 1. The standard InChI is InChI=1S/C22H28ClN3O/c1-3-18-7-9-19(10-8-18)17(2)24-22(27)16-25-11-13-26(14-12-25)21-6-4-5-20(23)15-21/h4-10,15,17H,3,11-14,16H2,1-2H3,(H,24,27)/p+1/t17-/m1/s1.